The van der Waals surface area contributed by atoms with Crippen LogP contribution >= 0.6 is 11.3 Å². The van der Waals surface area contributed by atoms with Gasteiger partial charge in [0.1, 0.15) is 4.88 Å². The van der Waals surface area contributed by atoms with Crippen molar-refractivity contribution in [3.8, 4) is 11.5 Å². The van der Waals surface area contributed by atoms with E-state index in [-0.39, 0.29) is 12.1 Å². The quantitative estimate of drug-likeness (QED) is 0.429. The van der Waals surface area contributed by atoms with Crippen molar-refractivity contribution in [2.24, 2.45) is 5.10 Å². The van der Waals surface area contributed by atoms with Crippen LogP contribution in [0.5, 0.6) is 11.5 Å². The summed E-state index contributed by atoms with van der Waals surface area (Å²) in [6, 6.07) is 5.56. The van der Waals surface area contributed by atoms with Crippen LogP contribution in [0.3, 0.4) is 0 Å². The average molecular weight is 377 g/mol. The summed E-state index contributed by atoms with van der Waals surface area (Å²) in [6.07, 6.45) is 2.35. The van der Waals surface area contributed by atoms with Gasteiger partial charge in [0, 0.05) is 0 Å². The van der Waals surface area contributed by atoms with E-state index in [1.807, 2.05) is 39.0 Å². The summed E-state index contributed by atoms with van der Waals surface area (Å²) < 4.78 is 15.8. The number of aryl methyl sites for hydroxylation is 1. The zero-order valence-corrected chi connectivity index (χ0v) is 16.3. The molecule has 0 bridgehead atoms. The third kappa shape index (κ3) is 4.95. The van der Waals surface area contributed by atoms with Crippen molar-refractivity contribution >= 4 is 28.7 Å². The maximum absolute atomic E-state index is 11.7. The van der Waals surface area contributed by atoms with Gasteiger partial charge in [0.15, 0.2) is 11.5 Å². The Kier molecular flexibility index (Phi) is 6.97. The highest BCUT2D eigenvalue weighted by atomic mass is 32.1. The fraction of sp³-hybridized carbons (Fsp3) is 0.389. The molecule has 0 amide bonds. The highest BCUT2D eigenvalue weighted by Crippen LogP contribution is 2.28. The van der Waals surface area contributed by atoms with Crippen LogP contribution in [-0.4, -0.2) is 37.5 Å². The second-order valence-corrected chi connectivity index (χ2v) is 6.59. The number of carbonyl (C=O) groups is 1. The standard InChI is InChI=1S/C18H23N3O4S/c1-6-13-16(17(22)24-5)26-18(20-13)21-19-10-12-7-8-14(25-11(2)3)15(9-12)23-4/h7-11H,6H2,1-5H3,(H,20,21)/b19-10-. The van der Waals surface area contributed by atoms with E-state index in [1.165, 1.54) is 18.4 Å². The summed E-state index contributed by atoms with van der Waals surface area (Å²) in [6.45, 7) is 5.85. The van der Waals surface area contributed by atoms with Crippen LogP contribution in [0.2, 0.25) is 0 Å². The van der Waals surface area contributed by atoms with Crippen LogP contribution in [-0.2, 0) is 11.2 Å². The van der Waals surface area contributed by atoms with E-state index < -0.39 is 0 Å². The lowest BCUT2D eigenvalue weighted by atomic mass is 10.2. The Morgan fingerprint density at radius 1 is 1.35 bits per heavy atom. The smallest absolute Gasteiger partial charge is 0.350 e. The molecule has 2 rings (SSSR count). The second-order valence-electron chi connectivity index (χ2n) is 5.59. The molecule has 0 aliphatic heterocycles. The zero-order chi connectivity index (χ0) is 19.1. The number of thiazole rings is 1. The first-order chi connectivity index (χ1) is 12.5. The first-order valence-corrected chi connectivity index (χ1v) is 9.01. The molecule has 0 atom stereocenters. The number of hydrogen-bond donors (Lipinski definition) is 1. The molecule has 8 heteroatoms. The maximum Gasteiger partial charge on any atom is 0.350 e. The van der Waals surface area contributed by atoms with E-state index in [9.17, 15) is 4.79 Å². The van der Waals surface area contributed by atoms with Crippen molar-refractivity contribution in [3.05, 3.63) is 34.3 Å². The van der Waals surface area contributed by atoms with Gasteiger partial charge in [0.05, 0.1) is 32.2 Å². The highest BCUT2D eigenvalue weighted by molar-refractivity contribution is 7.17. The first-order valence-electron chi connectivity index (χ1n) is 8.20. The molecule has 2 aromatic rings. The van der Waals surface area contributed by atoms with Crippen LogP contribution in [0.4, 0.5) is 5.13 Å². The Hall–Kier alpha value is -2.61. The average Bonchev–Trinajstić information content (AvgIpc) is 3.05. The highest BCUT2D eigenvalue weighted by Gasteiger charge is 2.17. The van der Waals surface area contributed by atoms with E-state index in [4.69, 9.17) is 14.2 Å². The predicted octanol–water partition coefficient (Wildman–Crippen LogP) is 3.73. The van der Waals surface area contributed by atoms with Crippen molar-refractivity contribution in [1.82, 2.24) is 4.98 Å². The van der Waals surface area contributed by atoms with Gasteiger partial charge in [-0.25, -0.2) is 9.78 Å². The molecule has 0 spiro atoms. The van der Waals surface area contributed by atoms with Gasteiger partial charge >= 0.3 is 5.97 Å². The molecular weight excluding hydrogens is 354 g/mol. The van der Waals surface area contributed by atoms with Crippen molar-refractivity contribution in [2.45, 2.75) is 33.3 Å². The van der Waals surface area contributed by atoms with Crippen molar-refractivity contribution in [1.29, 1.82) is 0 Å². The molecule has 0 fully saturated rings. The van der Waals surface area contributed by atoms with E-state index in [2.05, 4.69) is 15.5 Å². The number of carbonyl (C=O) groups excluding carboxylic acids is 1. The number of nitrogens with one attached hydrogen (secondary N) is 1. The Bertz CT molecular complexity index is 787. The molecule has 26 heavy (non-hydrogen) atoms. The molecule has 140 valence electrons. The monoisotopic (exact) mass is 377 g/mol. The summed E-state index contributed by atoms with van der Waals surface area (Å²) in [5.74, 6) is 0.933. The number of hydrazone groups is 1. The lowest BCUT2D eigenvalue weighted by Gasteiger charge is -2.13. The third-order valence-corrected chi connectivity index (χ3v) is 4.31. The second kappa shape index (κ2) is 9.19. The van der Waals surface area contributed by atoms with Crippen LogP contribution in [0, 0.1) is 0 Å². The van der Waals surface area contributed by atoms with Gasteiger partial charge in [-0.05, 0) is 44.0 Å². The van der Waals surface area contributed by atoms with E-state index in [1.54, 1.807) is 13.3 Å². The van der Waals surface area contributed by atoms with Crippen molar-refractivity contribution < 1.29 is 19.0 Å². The van der Waals surface area contributed by atoms with Crippen LogP contribution in [0.1, 0.15) is 41.7 Å². The minimum atomic E-state index is -0.387. The molecule has 1 aromatic heterocycles. The molecular formula is C18H23N3O4S. The maximum atomic E-state index is 11.7. The van der Waals surface area contributed by atoms with Gasteiger partial charge in [0.25, 0.3) is 0 Å². The number of benzene rings is 1. The first kappa shape index (κ1) is 19.7. The van der Waals surface area contributed by atoms with E-state index in [0.29, 0.717) is 33.6 Å². The van der Waals surface area contributed by atoms with Gasteiger partial charge in [-0.2, -0.15) is 5.10 Å². The Labute approximate surface area is 157 Å². The van der Waals surface area contributed by atoms with Gasteiger partial charge in [-0.15, -0.1) is 0 Å². The molecule has 0 saturated heterocycles. The molecule has 0 radical (unpaired) electrons. The molecule has 0 aliphatic rings. The van der Waals surface area contributed by atoms with Crippen molar-refractivity contribution in [3.63, 3.8) is 0 Å². The fourth-order valence-electron chi connectivity index (χ4n) is 2.17. The predicted molar refractivity (Wildman–Crippen MR) is 103 cm³/mol. The summed E-state index contributed by atoms with van der Waals surface area (Å²) in [5, 5.41) is 4.71. The summed E-state index contributed by atoms with van der Waals surface area (Å²) in [7, 11) is 2.95. The van der Waals surface area contributed by atoms with Crippen LogP contribution < -0.4 is 14.9 Å². The molecule has 7 nitrogen and oxygen atoms in total. The number of aromatic nitrogens is 1. The number of anilines is 1. The van der Waals surface area contributed by atoms with Crippen LogP contribution in [0.25, 0.3) is 0 Å². The Balaban J connectivity index is 2.11. The SMILES string of the molecule is CCc1nc(N/N=C\c2ccc(OC(C)C)c(OC)c2)sc1C(=O)OC. The molecule has 0 aliphatic carbocycles. The normalized spacial score (nSPS) is 11.0. The molecule has 0 unspecified atom stereocenters. The molecule has 1 heterocycles. The minimum Gasteiger partial charge on any atom is -0.493 e. The van der Waals surface area contributed by atoms with E-state index in [0.717, 1.165) is 5.56 Å². The van der Waals surface area contributed by atoms with Gasteiger partial charge in [-0.3, -0.25) is 5.43 Å². The van der Waals surface area contributed by atoms with Gasteiger partial charge in [0.2, 0.25) is 5.13 Å². The minimum absolute atomic E-state index is 0.0618. The number of ether oxygens (including phenoxy) is 3. The Morgan fingerprint density at radius 3 is 2.73 bits per heavy atom. The number of esters is 1. The van der Waals surface area contributed by atoms with E-state index >= 15 is 0 Å². The fourth-order valence-corrected chi connectivity index (χ4v) is 3.09. The zero-order valence-electron chi connectivity index (χ0n) is 15.5. The summed E-state index contributed by atoms with van der Waals surface area (Å²) in [5.41, 5.74) is 4.38. The number of nitrogens with zero attached hydrogens (tertiary/aromatic N) is 2. The lowest BCUT2D eigenvalue weighted by molar-refractivity contribution is 0.0605. The van der Waals surface area contributed by atoms with Crippen molar-refractivity contribution in [2.75, 3.05) is 19.6 Å². The molecule has 0 saturated carbocycles. The number of hydrogen-bond acceptors (Lipinski definition) is 8. The van der Waals surface area contributed by atoms with Gasteiger partial charge < -0.3 is 14.2 Å². The van der Waals surface area contributed by atoms with Crippen LogP contribution in [0.15, 0.2) is 23.3 Å². The molecule has 1 N–H and O–H groups in total. The largest absolute Gasteiger partial charge is 0.493 e. The number of rotatable bonds is 8. The topological polar surface area (TPSA) is 82.0 Å². The van der Waals surface area contributed by atoms with Gasteiger partial charge in [-0.1, -0.05) is 18.3 Å². The Morgan fingerprint density at radius 2 is 2.12 bits per heavy atom. The molecule has 1 aromatic carbocycles. The third-order valence-electron chi connectivity index (χ3n) is 3.33. The number of methoxy groups -OCH3 is 2. The lowest BCUT2D eigenvalue weighted by Crippen LogP contribution is -2.06. The summed E-state index contributed by atoms with van der Waals surface area (Å²) >= 11 is 1.21. The summed E-state index contributed by atoms with van der Waals surface area (Å²) in [4.78, 5) is 16.6.